The Bertz CT molecular complexity index is 84.6. The van der Waals surface area contributed by atoms with Gasteiger partial charge in [-0.05, 0) is 0 Å². The number of hydrogen-bond donors (Lipinski definition) is 3. The van der Waals surface area contributed by atoms with Gasteiger partial charge in [-0.25, -0.2) is 9.59 Å². The fourth-order valence-electron chi connectivity index (χ4n) is 0. The zero-order chi connectivity index (χ0) is 5.15. The van der Waals surface area contributed by atoms with Gasteiger partial charge in [0.15, 0.2) is 0 Å². The molecule has 0 saturated heterocycles. The molecule has 0 fully saturated rings. The second-order valence-electron chi connectivity index (χ2n) is 0.610. The number of rotatable bonds is 0. The second-order valence-corrected chi connectivity index (χ2v) is 0.610. The van der Waals surface area contributed by atoms with Gasteiger partial charge in [0.05, 0.1) is 0 Å². The van der Waals surface area contributed by atoms with E-state index in [0.29, 0.717) is 0 Å². The Kier molecular flexibility index (Phi) is 27.6. The van der Waals surface area contributed by atoms with Crippen molar-refractivity contribution in [2.24, 2.45) is 0 Å². The maximum absolute atomic E-state index is 9.10. The Morgan fingerprint density at radius 1 is 1.00 bits per heavy atom. The minimum absolute atomic E-state index is 0. The molecule has 0 atom stereocenters. The molecule has 0 aliphatic heterocycles. The minimum atomic E-state index is -1.82. The molecule has 0 aromatic carbocycles. The van der Waals surface area contributed by atoms with Gasteiger partial charge in [0, 0.05) is 16.5 Å². The summed E-state index contributed by atoms with van der Waals surface area (Å²) in [5.74, 6) is -3.65. The third-order valence-corrected chi connectivity index (χ3v) is 0.183. The third kappa shape index (κ3) is 18.3. The smallest absolute Gasteiger partial charge is 0.414 e. The van der Waals surface area contributed by atoms with Gasteiger partial charge < -0.3 is 16.4 Å². The molecule has 7 heteroatoms. The number of carbonyl (C=O) groups is 2. The summed E-state index contributed by atoms with van der Waals surface area (Å²) in [6, 6.07) is 0. The topological polar surface area (TPSA) is 110 Å². The van der Waals surface area contributed by atoms with Crippen LogP contribution in [0.4, 0.5) is 0 Å². The molecule has 0 aliphatic carbocycles. The Morgan fingerprint density at radius 2 is 1.11 bits per heavy atom. The predicted octanol–water partition coefficient (Wildman–Crippen LogP) is -0.263. The number of carboxylic acid groups (broad SMARTS) is 2. The fraction of sp³-hybridized carbons (Fsp3) is 0. The Balaban J connectivity index is -0.0000000417. The summed E-state index contributed by atoms with van der Waals surface area (Å²) in [6.07, 6.45) is 0. The van der Waals surface area contributed by atoms with Crippen molar-refractivity contribution in [2.45, 2.75) is 0 Å². The average molecular weight is 202 g/mol. The molecule has 0 radical (unpaired) electrons. The van der Waals surface area contributed by atoms with Crippen LogP contribution in [-0.4, -0.2) is 22.2 Å². The SMILES string of the molecule is Cl.N.O=C(O)C(=O)O.[Ni]. The van der Waals surface area contributed by atoms with Crippen molar-refractivity contribution in [2.75, 3.05) is 0 Å². The first kappa shape index (κ1) is 23.4. The van der Waals surface area contributed by atoms with E-state index in [1.54, 1.807) is 0 Å². The summed E-state index contributed by atoms with van der Waals surface area (Å²) in [7, 11) is 0. The van der Waals surface area contributed by atoms with Gasteiger partial charge in [-0.2, -0.15) is 0 Å². The van der Waals surface area contributed by atoms with Crippen molar-refractivity contribution >= 4 is 24.3 Å². The fourth-order valence-corrected chi connectivity index (χ4v) is 0. The molecule has 0 spiro atoms. The molecule has 0 aromatic heterocycles. The van der Waals surface area contributed by atoms with Crippen LogP contribution in [0.5, 0.6) is 0 Å². The zero-order valence-corrected chi connectivity index (χ0v) is 5.95. The number of aliphatic carboxylic acids is 2. The van der Waals surface area contributed by atoms with Gasteiger partial charge in [-0.3, -0.25) is 0 Å². The maximum Gasteiger partial charge on any atom is 0.414 e. The van der Waals surface area contributed by atoms with Gasteiger partial charge in [0.2, 0.25) is 0 Å². The summed E-state index contributed by atoms with van der Waals surface area (Å²) < 4.78 is 0. The van der Waals surface area contributed by atoms with Crippen molar-refractivity contribution in [1.29, 1.82) is 0 Å². The monoisotopic (exact) mass is 201 g/mol. The Hall–Kier alpha value is -0.316. The number of hydrogen-bond acceptors (Lipinski definition) is 3. The number of carboxylic acids is 2. The molecule has 9 heavy (non-hydrogen) atoms. The summed E-state index contributed by atoms with van der Waals surface area (Å²) in [4.78, 5) is 18.2. The van der Waals surface area contributed by atoms with Crippen LogP contribution < -0.4 is 6.15 Å². The quantitative estimate of drug-likeness (QED) is 0.370. The normalized spacial score (nSPS) is 4.89. The van der Waals surface area contributed by atoms with Crippen molar-refractivity contribution in [3.05, 3.63) is 0 Å². The molecule has 60 valence electrons. The van der Waals surface area contributed by atoms with Gasteiger partial charge in [-0.15, -0.1) is 12.4 Å². The largest absolute Gasteiger partial charge is 0.473 e. The van der Waals surface area contributed by atoms with E-state index in [1.807, 2.05) is 0 Å². The van der Waals surface area contributed by atoms with E-state index in [1.165, 1.54) is 0 Å². The van der Waals surface area contributed by atoms with Crippen molar-refractivity contribution in [3.63, 3.8) is 0 Å². The minimum Gasteiger partial charge on any atom is -0.473 e. The molecule has 0 rings (SSSR count). The molecule has 0 aliphatic rings. The molecule has 0 saturated carbocycles. The second kappa shape index (κ2) is 10.6. The van der Waals surface area contributed by atoms with E-state index in [2.05, 4.69) is 0 Å². The molecular formula is C2H6ClNNiO4. The predicted molar refractivity (Wildman–Crippen MR) is 27.5 cm³/mol. The molecule has 0 heterocycles. The first-order chi connectivity index (χ1) is 2.64. The zero-order valence-electron chi connectivity index (χ0n) is 4.14. The van der Waals surface area contributed by atoms with Crippen molar-refractivity contribution < 1.29 is 36.3 Å². The molecule has 0 aromatic rings. The van der Waals surface area contributed by atoms with E-state index in [4.69, 9.17) is 19.8 Å². The van der Waals surface area contributed by atoms with Crippen LogP contribution in [0, 0.1) is 0 Å². The van der Waals surface area contributed by atoms with Crippen LogP contribution in [0.25, 0.3) is 0 Å². The summed E-state index contributed by atoms with van der Waals surface area (Å²) in [6.45, 7) is 0. The summed E-state index contributed by atoms with van der Waals surface area (Å²) in [5.41, 5.74) is 0. The molecule has 5 N–H and O–H groups in total. The van der Waals surface area contributed by atoms with E-state index < -0.39 is 11.9 Å². The van der Waals surface area contributed by atoms with E-state index >= 15 is 0 Å². The first-order valence-corrected chi connectivity index (χ1v) is 1.11. The van der Waals surface area contributed by atoms with E-state index in [0.717, 1.165) is 0 Å². The summed E-state index contributed by atoms with van der Waals surface area (Å²) in [5, 5.41) is 14.8. The molecule has 0 unspecified atom stereocenters. The Morgan fingerprint density at radius 3 is 1.11 bits per heavy atom. The van der Waals surface area contributed by atoms with E-state index in [-0.39, 0.29) is 35.0 Å². The summed E-state index contributed by atoms with van der Waals surface area (Å²) >= 11 is 0. The van der Waals surface area contributed by atoms with Crippen LogP contribution in [0.2, 0.25) is 0 Å². The molecule has 0 bridgehead atoms. The van der Waals surface area contributed by atoms with Crippen molar-refractivity contribution in [3.8, 4) is 0 Å². The van der Waals surface area contributed by atoms with E-state index in [9.17, 15) is 0 Å². The van der Waals surface area contributed by atoms with Gasteiger partial charge in [0.1, 0.15) is 0 Å². The van der Waals surface area contributed by atoms with Gasteiger partial charge in [-0.1, -0.05) is 0 Å². The number of halogens is 1. The molecular weight excluding hydrogens is 196 g/mol. The molecule has 5 nitrogen and oxygen atoms in total. The van der Waals surface area contributed by atoms with Crippen LogP contribution in [0.3, 0.4) is 0 Å². The first-order valence-electron chi connectivity index (χ1n) is 1.11. The van der Waals surface area contributed by atoms with Gasteiger partial charge in [0.25, 0.3) is 0 Å². The molecule has 0 amide bonds. The third-order valence-electron chi connectivity index (χ3n) is 0.183. The maximum atomic E-state index is 9.10. The Labute approximate surface area is 67.4 Å². The average Bonchev–Trinajstić information content (AvgIpc) is 1.36. The van der Waals surface area contributed by atoms with Crippen LogP contribution in [0.1, 0.15) is 0 Å². The van der Waals surface area contributed by atoms with Crippen molar-refractivity contribution in [1.82, 2.24) is 6.15 Å². The van der Waals surface area contributed by atoms with Crippen LogP contribution >= 0.6 is 12.4 Å². The van der Waals surface area contributed by atoms with Crippen LogP contribution in [-0.2, 0) is 26.1 Å². The standard InChI is InChI=1S/C2H2O4.ClH.H3N.Ni/c3-1(4)2(5)6;;;/h(H,3,4)(H,5,6);1H;1H3;. The van der Waals surface area contributed by atoms with Gasteiger partial charge >= 0.3 is 11.9 Å². The van der Waals surface area contributed by atoms with Crippen LogP contribution in [0.15, 0.2) is 0 Å².